The summed E-state index contributed by atoms with van der Waals surface area (Å²) in [5, 5.41) is 10.3. The van der Waals surface area contributed by atoms with Gasteiger partial charge in [0, 0.05) is 36.6 Å². The Hall–Kier alpha value is -3.65. The number of nitrogens with one attached hydrogen (secondary N) is 3. The van der Waals surface area contributed by atoms with Gasteiger partial charge in [-0.2, -0.15) is 0 Å². The van der Waals surface area contributed by atoms with Gasteiger partial charge in [0.05, 0.1) is 0 Å². The molecule has 1 aliphatic rings. The molecule has 1 unspecified atom stereocenters. The third-order valence-corrected chi connectivity index (χ3v) is 6.52. The summed E-state index contributed by atoms with van der Waals surface area (Å²) in [6.07, 6.45) is 1.08. The van der Waals surface area contributed by atoms with Crippen LogP contribution < -0.4 is 16.0 Å². The fourth-order valence-electron chi connectivity index (χ4n) is 3.77. The van der Waals surface area contributed by atoms with Crippen LogP contribution in [0.5, 0.6) is 0 Å². The third-order valence-electron chi connectivity index (χ3n) is 5.50. The molecule has 8 heteroatoms. The second kappa shape index (κ2) is 10.8. The zero-order chi connectivity index (χ0) is 23.0. The molecule has 2 heterocycles. The molecule has 1 aliphatic heterocycles. The van der Waals surface area contributed by atoms with Gasteiger partial charge in [-0.1, -0.05) is 48.5 Å². The van der Waals surface area contributed by atoms with Crippen LogP contribution in [0.3, 0.4) is 0 Å². The number of amides is 4. The van der Waals surface area contributed by atoms with E-state index in [4.69, 9.17) is 0 Å². The van der Waals surface area contributed by atoms with Gasteiger partial charge >= 0.3 is 6.03 Å². The van der Waals surface area contributed by atoms with Gasteiger partial charge < -0.3 is 20.9 Å². The Kier molecular flexibility index (Phi) is 7.36. The maximum Gasteiger partial charge on any atom is 0.315 e. The number of hydrogen-bond acceptors (Lipinski definition) is 4. The van der Waals surface area contributed by atoms with E-state index in [1.54, 1.807) is 35.6 Å². The van der Waals surface area contributed by atoms with Crippen LogP contribution in [-0.2, 0) is 22.6 Å². The fraction of sp³-hybridized carbons (Fsp3) is 0.240. The number of thiophene rings is 1. The van der Waals surface area contributed by atoms with Crippen LogP contribution in [0.4, 0.5) is 10.5 Å². The molecule has 0 fully saturated rings. The predicted molar refractivity (Wildman–Crippen MR) is 129 cm³/mol. The molecule has 1 aromatic heterocycles. The number of carbonyl (C=O) groups is 3. The number of para-hydroxylation sites is 1. The minimum absolute atomic E-state index is 0.00794. The lowest BCUT2D eigenvalue weighted by molar-refractivity contribution is -0.132. The lowest BCUT2D eigenvalue weighted by Gasteiger charge is -2.27. The highest BCUT2D eigenvalue weighted by Gasteiger charge is 2.24. The highest BCUT2D eigenvalue weighted by molar-refractivity contribution is 7.10. The SMILES string of the molecule is O=C(NCCC(=O)N1CCc2sccc2C1)NC(C(=O)Nc1ccccc1)c1ccccc1. The summed E-state index contributed by atoms with van der Waals surface area (Å²) >= 11 is 1.73. The molecular formula is C25H26N4O3S. The van der Waals surface area contributed by atoms with E-state index < -0.39 is 12.1 Å². The van der Waals surface area contributed by atoms with Crippen LogP contribution in [-0.4, -0.2) is 35.8 Å². The largest absolute Gasteiger partial charge is 0.338 e. The first-order valence-electron chi connectivity index (χ1n) is 10.9. The van der Waals surface area contributed by atoms with Crippen molar-refractivity contribution in [2.45, 2.75) is 25.4 Å². The van der Waals surface area contributed by atoms with Gasteiger partial charge in [0.2, 0.25) is 5.91 Å². The van der Waals surface area contributed by atoms with Crippen molar-refractivity contribution in [1.82, 2.24) is 15.5 Å². The lowest BCUT2D eigenvalue weighted by Crippen LogP contribution is -2.44. The van der Waals surface area contributed by atoms with E-state index in [0.29, 0.717) is 24.3 Å². The van der Waals surface area contributed by atoms with Crippen LogP contribution in [0.25, 0.3) is 0 Å². The smallest absolute Gasteiger partial charge is 0.315 e. The Balaban J connectivity index is 1.30. The van der Waals surface area contributed by atoms with Crippen LogP contribution in [0, 0.1) is 0 Å². The Morgan fingerprint density at radius 1 is 0.970 bits per heavy atom. The number of urea groups is 1. The number of benzene rings is 2. The molecule has 0 aliphatic carbocycles. The summed E-state index contributed by atoms with van der Waals surface area (Å²) in [7, 11) is 0. The van der Waals surface area contributed by atoms with Crippen molar-refractivity contribution < 1.29 is 14.4 Å². The van der Waals surface area contributed by atoms with Crippen LogP contribution in [0.1, 0.15) is 28.5 Å². The van der Waals surface area contributed by atoms with Crippen molar-refractivity contribution in [1.29, 1.82) is 0 Å². The normalized spacial score (nSPS) is 13.5. The molecule has 0 saturated carbocycles. The highest BCUT2D eigenvalue weighted by atomic mass is 32.1. The molecule has 170 valence electrons. The molecule has 4 rings (SSSR count). The van der Waals surface area contributed by atoms with Crippen molar-refractivity contribution in [2.24, 2.45) is 0 Å². The van der Waals surface area contributed by atoms with Crippen LogP contribution in [0.15, 0.2) is 72.1 Å². The lowest BCUT2D eigenvalue weighted by atomic mass is 10.1. The van der Waals surface area contributed by atoms with E-state index in [0.717, 1.165) is 6.42 Å². The Bertz CT molecular complexity index is 1100. The summed E-state index contributed by atoms with van der Waals surface area (Å²) in [6, 6.07) is 18.8. The van der Waals surface area contributed by atoms with Gasteiger partial charge in [0.25, 0.3) is 5.91 Å². The minimum atomic E-state index is -0.874. The number of fused-ring (bicyclic) bond motifs is 1. The van der Waals surface area contributed by atoms with E-state index in [9.17, 15) is 14.4 Å². The molecule has 3 aromatic rings. The third kappa shape index (κ3) is 5.98. The molecule has 7 nitrogen and oxygen atoms in total. The van der Waals surface area contributed by atoms with Crippen LogP contribution in [0.2, 0.25) is 0 Å². The van der Waals surface area contributed by atoms with Gasteiger partial charge in [-0.05, 0) is 41.1 Å². The fourth-order valence-corrected chi connectivity index (χ4v) is 4.66. The second-order valence-corrected chi connectivity index (χ2v) is 8.78. The number of nitrogens with zero attached hydrogens (tertiary/aromatic N) is 1. The van der Waals surface area contributed by atoms with Crippen molar-refractivity contribution in [3.8, 4) is 0 Å². The van der Waals surface area contributed by atoms with Crippen molar-refractivity contribution in [3.05, 3.63) is 88.1 Å². The highest BCUT2D eigenvalue weighted by Crippen LogP contribution is 2.24. The summed E-state index contributed by atoms with van der Waals surface area (Å²) < 4.78 is 0. The van der Waals surface area contributed by atoms with Crippen molar-refractivity contribution >= 4 is 34.9 Å². The number of hydrogen-bond donors (Lipinski definition) is 3. The van der Waals surface area contributed by atoms with Crippen molar-refractivity contribution in [2.75, 3.05) is 18.4 Å². The summed E-state index contributed by atoms with van der Waals surface area (Å²) in [5.41, 5.74) is 2.52. The molecule has 0 saturated heterocycles. The Morgan fingerprint density at radius 2 is 1.70 bits per heavy atom. The average Bonchev–Trinajstić information content (AvgIpc) is 3.31. The standard InChI is InChI=1S/C25H26N4O3S/c30-22(29-15-12-21-19(17-29)13-16-33-21)11-14-26-25(32)28-23(18-7-3-1-4-8-18)24(31)27-20-9-5-2-6-10-20/h1-10,13,16,23H,11-12,14-15,17H2,(H,27,31)(H2,26,28,32). The monoisotopic (exact) mass is 462 g/mol. The molecule has 3 N–H and O–H groups in total. The average molecular weight is 463 g/mol. The first-order valence-corrected chi connectivity index (χ1v) is 11.8. The van der Waals surface area contributed by atoms with Crippen molar-refractivity contribution in [3.63, 3.8) is 0 Å². The number of carbonyl (C=O) groups excluding carboxylic acids is 3. The zero-order valence-electron chi connectivity index (χ0n) is 18.1. The maximum absolute atomic E-state index is 12.9. The molecular weight excluding hydrogens is 436 g/mol. The first kappa shape index (κ1) is 22.5. The van der Waals surface area contributed by atoms with E-state index in [-0.39, 0.29) is 24.8 Å². The second-order valence-electron chi connectivity index (χ2n) is 7.78. The van der Waals surface area contributed by atoms with E-state index in [1.807, 2.05) is 41.3 Å². The summed E-state index contributed by atoms with van der Waals surface area (Å²) in [6.45, 7) is 1.52. The zero-order valence-corrected chi connectivity index (χ0v) is 18.9. The Morgan fingerprint density at radius 3 is 2.45 bits per heavy atom. The van der Waals surface area contributed by atoms with E-state index in [2.05, 4.69) is 27.4 Å². The summed E-state index contributed by atoms with van der Waals surface area (Å²) in [4.78, 5) is 41.2. The molecule has 4 amide bonds. The quantitative estimate of drug-likeness (QED) is 0.500. The molecule has 0 bridgehead atoms. The first-order chi connectivity index (χ1) is 16.1. The van der Waals surface area contributed by atoms with E-state index >= 15 is 0 Å². The maximum atomic E-state index is 12.9. The molecule has 0 radical (unpaired) electrons. The van der Waals surface area contributed by atoms with Gasteiger partial charge in [0.1, 0.15) is 6.04 Å². The Labute approximate surface area is 196 Å². The predicted octanol–water partition coefficient (Wildman–Crippen LogP) is 3.70. The molecule has 2 aromatic carbocycles. The van der Waals surface area contributed by atoms with Crippen LogP contribution >= 0.6 is 11.3 Å². The topological polar surface area (TPSA) is 90.5 Å². The van der Waals surface area contributed by atoms with Gasteiger partial charge in [-0.3, -0.25) is 9.59 Å². The number of anilines is 1. The molecule has 0 spiro atoms. The van der Waals surface area contributed by atoms with Gasteiger partial charge in [0.15, 0.2) is 0 Å². The minimum Gasteiger partial charge on any atom is -0.338 e. The molecule has 1 atom stereocenters. The van der Waals surface area contributed by atoms with E-state index in [1.165, 1.54) is 10.4 Å². The van der Waals surface area contributed by atoms with Gasteiger partial charge in [-0.15, -0.1) is 11.3 Å². The summed E-state index contributed by atoms with van der Waals surface area (Å²) in [5.74, 6) is -0.341. The number of rotatable bonds is 7. The van der Waals surface area contributed by atoms with Gasteiger partial charge in [-0.25, -0.2) is 4.79 Å². The molecule has 33 heavy (non-hydrogen) atoms.